The van der Waals surface area contributed by atoms with Crippen LogP contribution in [0.2, 0.25) is 0 Å². The van der Waals surface area contributed by atoms with E-state index in [1.165, 1.54) is 11.3 Å². The van der Waals surface area contributed by atoms with E-state index in [2.05, 4.69) is 64.5 Å². The Hall–Kier alpha value is -2.10. The maximum absolute atomic E-state index is 4.26. The third-order valence-corrected chi connectivity index (χ3v) is 4.80. The Morgan fingerprint density at radius 1 is 1.30 bits per heavy atom. The molecule has 4 heteroatoms. The van der Waals surface area contributed by atoms with Crippen molar-refractivity contribution < 1.29 is 4.57 Å². The van der Waals surface area contributed by atoms with Gasteiger partial charge in [0.15, 0.2) is 0 Å². The molecule has 2 atom stereocenters. The Labute approximate surface area is 118 Å². The Morgan fingerprint density at radius 2 is 2.15 bits per heavy atom. The molecule has 2 aliphatic rings. The average Bonchev–Trinajstić information content (AvgIpc) is 2.47. The van der Waals surface area contributed by atoms with E-state index in [1.807, 2.05) is 12.4 Å². The van der Waals surface area contributed by atoms with Crippen LogP contribution in [-0.4, -0.2) is 11.5 Å². The largest absolute Gasteiger partial charge is 0.384 e. The van der Waals surface area contributed by atoms with Crippen molar-refractivity contribution in [3.8, 4) is 0 Å². The molecule has 0 amide bonds. The fourth-order valence-corrected chi connectivity index (χ4v) is 3.63. The topological polar surface area (TPSA) is 40.8 Å². The number of nitrogens with zero attached hydrogens (tertiary/aromatic N) is 2. The van der Waals surface area contributed by atoms with Crippen molar-refractivity contribution in [1.29, 1.82) is 0 Å². The predicted octanol–water partition coefficient (Wildman–Crippen LogP) is 2.31. The van der Waals surface area contributed by atoms with Crippen molar-refractivity contribution >= 4 is 11.5 Å². The van der Waals surface area contributed by atoms with E-state index in [0.717, 1.165) is 12.4 Å². The van der Waals surface area contributed by atoms with Crippen molar-refractivity contribution in [2.75, 3.05) is 17.2 Å². The maximum atomic E-state index is 4.26. The van der Waals surface area contributed by atoms with Crippen molar-refractivity contribution in [1.82, 2.24) is 4.98 Å². The number of aromatic nitrogens is 2. The Kier molecular flexibility index (Phi) is 2.31. The standard InChI is InChI=1S/C16H18N4/c1-16(2)12-9-18-13-6-4-3-5-11(13)15(12)19-14-10-17-7-8-20(14)16/h3-8,10,12,15,18H,9H2,1-2H3/p+1. The van der Waals surface area contributed by atoms with Gasteiger partial charge in [-0.2, -0.15) is 0 Å². The normalized spacial score (nSPS) is 25.5. The van der Waals surface area contributed by atoms with E-state index in [1.54, 1.807) is 0 Å². The summed E-state index contributed by atoms with van der Waals surface area (Å²) in [4.78, 5) is 4.26. The molecule has 0 aliphatic carbocycles. The molecule has 2 aliphatic heterocycles. The smallest absolute Gasteiger partial charge is 0.294 e. The van der Waals surface area contributed by atoms with Gasteiger partial charge < -0.3 is 5.32 Å². The second-order valence-electron chi connectivity index (χ2n) is 6.18. The van der Waals surface area contributed by atoms with Gasteiger partial charge in [-0.3, -0.25) is 10.3 Å². The molecule has 2 unspecified atom stereocenters. The first-order chi connectivity index (χ1) is 9.68. The lowest BCUT2D eigenvalue weighted by molar-refractivity contribution is -0.758. The molecule has 3 heterocycles. The molecular formula is C16H19N4+. The minimum Gasteiger partial charge on any atom is -0.384 e. The molecule has 20 heavy (non-hydrogen) atoms. The van der Waals surface area contributed by atoms with Crippen LogP contribution < -0.4 is 15.2 Å². The molecular weight excluding hydrogens is 248 g/mol. The summed E-state index contributed by atoms with van der Waals surface area (Å²) in [6.07, 6.45) is 5.85. The molecule has 2 aromatic rings. The number of fused-ring (bicyclic) bond motifs is 4. The average molecular weight is 267 g/mol. The highest BCUT2D eigenvalue weighted by Crippen LogP contribution is 2.43. The molecule has 1 aromatic heterocycles. The van der Waals surface area contributed by atoms with Crippen LogP contribution in [0.5, 0.6) is 0 Å². The maximum Gasteiger partial charge on any atom is 0.294 e. The van der Waals surface area contributed by atoms with Crippen LogP contribution >= 0.6 is 0 Å². The minimum absolute atomic E-state index is 0.0503. The minimum atomic E-state index is 0.0503. The number of anilines is 2. The van der Waals surface area contributed by atoms with Crippen LogP contribution in [0.1, 0.15) is 25.5 Å². The molecule has 0 fully saturated rings. The van der Waals surface area contributed by atoms with E-state index in [4.69, 9.17) is 0 Å². The Morgan fingerprint density at radius 3 is 3.05 bits per heavy atom. The van der Waals surface area contributed by atoms with E-state index in [-0.39, 0.29) is 5.54 Å². The first-order valence-corrected chi connectivity index (χ1v) is 7.13. The van der Waals surface area contributed by atoms with Crippen molar-refractivity contribution in [3.63, 3.8) is 0 Å². The molecule has 0 radical (unpaired) electrons. The van der Waals surface area contributed by atoms with Gasteiger partial charge in [0, 0.05) is 17.8 Å². The van der Waals surface area contributed by atoms with E-state index in [9.17, 15) is 0 Å². The molecule has 0 bridgehead atoms. The van der Waals surface area contributed by atoms with Crippen molar-refractivity contribution in [2.45, 2.75) is 25.4 Å². The number of benzene rings is 1. The number of para-hydroxylation sites is 1. The molecule has 0 spiro atoms. The lowest BCUT2D eigenvalue weighted by atomic mass is 9.74. The highest BCUT2D eigenvalue weighted by Gasteiger charge is 2.50. The second kappa shape index (κ2) is 3.95. The molecule has 1 aromatic carbocycles. The number of hydrogen-bond acceptors (Lipinski definition) is 3. The third kappa shape index (κ3) is 1.48. The molecule has 102 valence electrons. The quantitative estimate of drug-likeness (QED) is 0.720. The zero-order valence-corrected chi connectivity index (χ0v) is 11.8. The summed E-state index contributed by atoms with van der Waals surface area (Å²) in [5.41, 5.74) is 2.65. The zero-order chi connectivity index (χ0) is 13.7. The van der Waals surface area contributed by atoms with Crippen molar-refractivity contribution in [3.05, 3.63) is 48.4 Å². The van der Waals surface area contributed by atoms with Gasteiger partial charge >= 0.3 is 0 Å². The molecule has 4 nitrogen and oxygen atoms in total. The SMILES string of the molecule is CC1(C)C2CNc3ccccc3C2Nc2cncc[n+]21. The third-order valence-electron chi connectivity index (χ3n) is 4.80. The number of hydrogen-bond donors (Lipinski definition) is 2. The van der Waals surface area contributed by atoms with Gasteiger partial charge in [-0.25, -0.2) is 4.57 Å². The van der Waals surface area contributed by atoms with Crippen LogP contribution in [0.25, 0.3) is 0 Å². The second-order valence-corrected chi connectivity index (χ2v) is 6.18. The predicted molar refractivity (Wildman–Crippen MR) is 78.5 cm³/mol. The summed E-state index contributed by atoms with van der Waals surface area (Å²) < 4.78 is 2.30. The summed E-state index contributed by atoms with van der Waals surface area (Å²) in [5.74, 6) is 1.59. The lowest BCUT2D eigenvalue weighted by Crippen LogP contribution is -2.65. The Balaban J connectivity index is 1.88. The highest BCUT2D eigenvalue weighted by atomic mass is 15.2. The van der Waals surface area contributed by atoms with Gasteiger partial charge in [0.1, 0.15) is 24.0 Å². The van der Waals surface area contributed by atoms with Gasteiger partial charge in [0.05, 0.1) is 12.1 Å². The van der Waals surface area contributed by atoms with Crippen LogP contribution in [0.4, 0.5) is 11.5 Å². The molecule has 4 rings (SSSR count). The first kappa shape index (κ1) is 11.7. The van der Waals surface area contributed by atoms with Gasteiger partial charge in [0.2, 0.25) is 0 Å². The van der Waals surface area contributed by atoms with Crippen LogP contribution in [-0.2, 0) is 5.54 Å². The fourth-order valence-electron chi connectivity index (χ4n) is 3.63. The summed E-state index contributed by atoms with van der Waals surface area (Å²) in [5, 5.41) is 7.25. The van der Waals surface area contributed by atoms with E-state index >= 15 is 0 Å². The van der Waals surface area contributed by atoms with Crippen LogP contribution in [0, 0.1) is 5.92 Å². The lowest BCUT2D eigenvalue weighted by Gasteiger charge is -2.44. The van der Waals surface area contributed by atoms with Gasteiger partial charge in [-0.15, -0.1) is 0 Å². The molecule has 2 N–H and O–H groups in total. The molecule has 0 saturated heterocycles. The van der Waals surface area contributed by atoms with E-state index in [0.29, 0.717) is 12.0 Å². The number of nitrogens with one attached hydrogen (secondary N) is 2. The summed E-state index contributed by atoms with van der Waals surface area (Å²) in [7, 11) is 0. The zero-order valence-electron chi connectivity index (χ0n) is 11.8. The van der Waals surface area contributed by atoms with Crippen LogP contribution in [0.15, 0.2) is 42.9 Å². The highest BCUT2D eigenvalue weighted by molar-refractivity contribution is 5.57. The first-order valence-electron chi connectivity index (χ1n) is 7.13. The Bertz CT molecular complexity index is 665. The summed E-state index contributed by atoms with van der Waals surface area (Å²) >= 11 is 0. The van der Waals surface area contributed by atoms with Crippen LogP contribution in [0.3, 0.4) is 0 Å². The summed E-state index contributed by atoms with van der Waals surface area (Å²) in [6, 6.07) is 8.92. The molecule has 0 saturated carbocycles. The number of rotatable bonds is 0. The van der Waals surface area contributed by atoms with Gasteiger partial charge in [0.25, 0.3) is 5.82 Å². The van der Waals surface area contributed by atoms with Crippen molar-refractivity contribution in [2.24, 2.45) is 5.92 Å². The van der Waals surface area contributed by atoms with Gasteiger partial charge in [-0.1, -0.05) is 18.2 Å². The monoisotopic (exact) mass is 267 g/mol. The van der Waals surface area contributed by atoms with E-state index < -0.39 is 0 Å². The summed E-state index contributed by atoms with van der Waals surface area (Å²) in [6.45, 7) is 5.60. The van der Waals surface area contributed by atoms with Gasteiger partial charge in [-0.05, 0) is 19.9 Å². The fraction of sp³-hybridized carbons (Fsp3) is 0.375.